The number of hydrogen-bond donors (Lipinski definition) is 0. The van der Waals surface area contributed by atoms with Gasteiger partial charge in [-0.05, 0) is 24.3 Å². The van der Waals surface area contributed by atoms with Crippen molar-refractivity contribution < 1.29 is 9.21 Å². The zero-order chi connectivity index (χ0) is 13.9. The van der Waals surface area contributed by atoms with Crippen LogP contribution in [0.5, 0.6) is 0 Å². The van der Waals surface area contributed by atoms with Crippen LogP contribution in [0.4, 0.5) is 5.13 Å². The molecule has 0 fully saturated rings. The third kappa shape index (κ3) is 2.30. The second-order valence-corrected chi connectivity index (χ2v) is 4.92. The van der Waals surface area contributed by atoms with Crippen LogP contribution in [0.1, 0.15) is 10.6 Å². The van der Waals surface area contributed by atoms with Gasteiger partial charge in [0.15, 0.2) is 5.76 Å². The molecule has 0 atom stereocenters. The predicted octanol–water partition coefficient (Wildman–Crippen LogP) is 2.47. The Bertz CT molecular complexity index is 709. The minimum absolute atomic E-state index is 0.257. The summed E-state index contributed by atoms with van der Waals surface area (Å²) in [5, 5.41) is 9.37. The third-order valence-electron chi connectivity index (χ3n) is 2.67. The number of rotatable bonds is 3. The summed E-state index contributed by atoms with van der Waals surface area (Å²) >= 11 is 1.33. The molecule has 0 aromatic carbocycles. The van der Waals surface area contributed by atoms with Crippen LogP contribution >= 0.6 is 11.3 Å². The lowest BCUT2D eigenvalue weighted by molar-refractivity contribution is 0.0966. The minimum Gasteiger partial charge on any atom is -0.459 e. The lowest BCUT2D eigenvalue weighted by atomic mass is 10.3. The van der Waals surface area contributed by atoms with E-state index in [4.69, 9.17) is 4.42 Å². The summed E-state index contributed by atoms with van der Waals surface area (Å²) in [6, 6.07) is 6.98. The van der Waals surface area contributed by atoms with Crippen LogP contribution in [0, 0.1) is 0 Å². The molecule has 3 heterocycles. The zero-order valence-corrected chi connectivity index (χ0v) is 11.4. The number of carbonyl (C=O) groups excluding carboxylic acids is 1. The van der Waals surface area contributed by atoms with Crippen molar-refractivity contribution in [3.8, 4) is 10.6 Å². The van der Waals surface area contributed by atoms with Gasteiger partial charge in [0, 0.05) is 25.0 Å². The first-order chi connectivity index (χ1) is 9.75. The predicted molar refractivity (Wildman–Crippen MR) is 74.6 cm³/mol. The van der Waals surface area contributed by atoms with Crippen molar-refractivity contribution in [2.45, 2.75) is 0 Å². The lowest BCUT2D eigenvalue weighted by Gasteiger charge is -2.10. The number of carbonyl (C=O) groups is 1. The van der Waals surface area contributed by atoms with E-state index < -0.39 is 0 Å². The number of nitrogens with zero attached hydrogens (tertiary/aromatic N) is 4. The highest BCUT2D eigenvalue weighted by Gasteiger charge is 2.19. The largest absolute Gasteiger partial charge is 0.459 e. The monoisotopic (exact) mass is 286 g/mol. The highest BCUT2D eigenvalue weighted by molar-refractivity contribution is 7.18. The first-order valence-electron chi connectivity index (χ1n) is 5.81. The number of anilines is 1. The van der Waals surface area contributed by atoms with E-state index in [9.17, 15) is 4.79 Å². The van der Waals surface area contributed by atoms with Crippen molar-refractivity contribution in [2.24, 2.45) is 0 Å². The SMILES string of the molecule is CN(C(=O)c1ccco1)c1nnc(-c2ccncc2)s1. The minimum atomic E-state index is -0.257. The average molecular weight is 286 g/mol. The smallest absolute Gasteiger partial charge is 0.295 e. The summed E-state index contributed by atoms with van der Waals surface area (Å²) in [6.45, 7) is 0. The van der Waals surface area contributed by atoms with Gasteiger partial charge in [0.1, 0.15) is 5.01 Å². The first-order valence-corrected chi connectivity index (χ1v) is 6.63. The summed E-state index contributed by atoms with van der Waals surface area (Å²) in [6.07, 6.45) is 4.84. The van der Waals surface area contributed by atoms with E-state index >= 15 is 0 Å². The Morgan fingerprint density at radius 2 is 2.05 bits per heavy atom. The zero-order valence-electron chi connectivity index (χ0n) is 10.6. The molecular weight excluding hydrogens is 276 g/mol. The average Bonchev–Trinajstić information content (AvgIpc) is 3.18. The number of aromatic nitrogens is 3. The number of furan rings is 1. The molecule has 100 valence electrons. The molecule has 0 saturated heterocycles. The molecule has 1 amide bonds. The van der Waals surface area contributed by atoms with Crippen molar-refractivity contribution in [1.29, 1.82) is 0 Å². The van der Waals surface area contributed by atoms with Gasteiger partial charge >= 0.3 is 0 Å². The molecule has 0 radical (unpaired) electrons. The van der Waals surface area contributed by atoms with Crippen LogP contribution in [0.2, 0.25) is 0 Å². The second-order valence-electron chi connectivity index (χ2n) is 3.97. The van der Waals surface area contributed by atoms with E-state index in [-0.39, 0.29) is 11.7 Å². The van der Waals surface area contributed by atoms with Crippen molar-refractivity contribution in [1.82, 2.24) is 15.2 Å². The molecule has 0 aliphatic carbocycles. The maximum atomic E-state index is 12.1. The summed E-state index contributed by atoms with van der Waals surface area (Å²) < 4.78 is 5.09. The maximum absolute atomic E-state index is 12.1. The molecule has 3 aromatic rings. The third-order valence-corrected chi connectivity index (χ3v) is 3.71. The maximum Gasteiger partial charge on any atom is 0.295 e. The molecule has 0 spiro atoms. The normalized spacial score (nSPS) is 10.4. The Balaban J connectivity index is 1.85. The van der Waals surface area contributed by atoms with Crippen molar-refractivity contribution in [3.05, 3.63) is 48.7 Å². The van der Waals surface area contributed by atoms with Gasteiger partial charge in [0.05, 0.1) is 6.26 Å². The van der Waals surface area contributed by atoms with E-state index in [0.717, 1.165) is 10.6 Å². The fraction of sp³-hybridized carbons (Fsp3) is 0.0769. The standard InChI is InChI=1S/C13H10N4O2S/c1-17(12(18)10-3-2-8-19-10)13-16-15-11(20-13)9-4-6-14-7-5-9/h2-8H,1H3. The van der Waals surface area contributed by atoms with Crippen molar-refractivity contribution >= 4 is 22.4 Å². The van der Waals surface area contributed by atoms with Gasteiger partial charge in [0.2, 0.25) is 5.13 Å². The number of amides is 1. The fourth-order valence-electron chi connectivity index (χ4n) is 1.61. The van der Waals surface area contributed by atoms with E-state index in [2.05, 4.69) is 15.2 Å². The van der Waals surface area contributed by atoms with E-state index in [1.165, 1.54) is 22.5 Å². The summed E-state index contributed by atoms with van der Waals surface area (Å²) in [7, 11) is 1.64. The molecule has 3 aromatic heterocycles. The molecule has 0 aliphatic heterocycles. The van der Waals surface area contributed by atoms with Crippen LogP contribution in [0.25, 0.3) is 10.6 Å². The van der Waals surface area contributed by atoms with Crippen molar-refractivity contribution in [2.75, 3.05) is 11.9 Å². The summed E-state index contributed by atoms with van der Waals surface area (Å²) in [4.78, 5) is 17.5. The highest BCUT2D eigenvalue weighted by Crippen LogP contribution is 2.28. The first kappa shape index (κ1) is 12.5. The Morgan fingerprint density at radius 1 is 1.25 bits per heavy atom. The van der Waals surface area contributed by atoms with Gasteiger partial charge in [0.25, 0.3) is 5.91 Å². The molecule has 0 bridgehead atoms. The Kier molecular flexibility index (Phi) is 3.26. The second kappa shape index (κ2) is 5.22. The highest BCUT2D eigenvalue weighted by atomic mass is 32.1. The Morgan fingerprint density at radius 3 is 2.75 bits per heavy atom. The van der Waals surface area contributed by atoms with Gasteiger partial charge in [-0.1, -0.05) is 11.3 Å². The van der Waals surface area contributed by atoms with Gasteiger partial charge in [-0.15, -0.1) is 10.2 Å². The van der Waals surface area contributed by atoms with Gasteiger partial charge < -0.3 is 4.42 Å². The molecule has 0 N–H and O–H groups in total. The molecule has 20 heavy (non-hydrogen) atoms. The van der Waals surface area contributed by atoms with E-state index in [1.54, 1.807) is 31.6 Å². The van der Waals surface area contributed by atoms with Gasteiger partial charge in [-0.3, -0.25) is 14.7 Å². The Labute approximate surface area is 118 Å². The van der Waals surface area contributed by atoms with Crippen LogP contribution in [0.3, 0.4) is 0 Å². The summed E-state index contributed by atoms with van der Waals surface area (Å²) in [5.41, 5.74) is 0.919. The van der Waals surface area contributed by atoms with Crippen LogP contribution < -0.4 is 4.90 Å². The number of pyridine rings is 1. The van der Waals surface area contributed by atoms with E-state index in [0.29, 0.717) is 5.13 Å². The van der Waals surface area contributed by atoms with Gasteiger partial charge in [-0.25, -0.2) is 0 Å². The molecule has 3 rings (SSSR count). The molecule has 0 saturated carbocycles. The molecule has 0 unspecified atom stereocenters. The van der Waals surface area contributed by atoms with Crippen LogP contribution in [0.15, 0.2) is 47.3 Å². The number of hydrogen-bond acceptors (Lipinski definition) is 6. The quantitative estimate of drug-likeness (QED) is 0.739. The summed E-state index contributed by atoms with van der Waals surface area (Å²) in [5.74, 6) is 0.0144. The van der Waals surface area contributed by atoms with Crippen LogP contribution in [-0.2, 0) is 0 Å². The molecule has 6 nitrogen and oxygen atoms in total. The Hall–Kier alpha value is -2.54. The molecular formula is C13H10N4O2S. The lowest BCUT2D eigenvalue weighted by Crippen LogP contribution is -2.25. The van der Waals surface area contributed by atoms with Gasteiger partial charge in [-0.2, -0.15) is 0 Å². The fourth-order valence-corrected chi connectivity index (χ4v) is 2.42. The molecule has 7 heteroatoms. The molecule has 0 aliphatic rings. The van der Waals surface area contributed by atoms with Crippen LogP contribution in [-0.4, -0.2) is 28.1 Å². The van der Waals surface area contributed by atoms with Crippen molar-refractivity contribution in [3.63, 3.8) is 0 Å². The topological polar surface area (TPSA) is 72.1 Å². The van der Waals surface area contributed by atoms with E-state index in [1.807, 2.05) is 12.1 Å².